The van der Waals surface area contributed by atoms with E-state index in [0.717, 1.165) is 0 Å². The van der Waals surface area contributed by atoms with Crippen molar-refractivity contribution in [2.45, 2.75) is 0 Å². The average molecular weight is 828 g/mol. The van der Waals surface area contributed by atoms with Crippen LogP contribution in [0.1, 0.15) is 0 Å². The monoisotopic (exact) mass is 824 g/mol. The Balaban J connectivity index is -0.0000000183. The molecule has 0 saturated carbocycles. The summed E-state index contributed by atoms with van der Waals surface area (Å²) >= 11 is -23.2. The van der Waals surface area contributed by atoms with E-state index in [1.165, 1.54) is 0 Å². The second-order valence-corrected chi connectivity index (χ2v) is 8.01. The van der Waals surface area contributed by atoms with Crippen molar-refractivity contribution < 1.29 is 176 Å². The molecule has 0 aromatic heterocycles. The van der Waals surface area contributed by atoms with Crippen molar-refractivity contribution in [3.8, 4) is 0 Å². The summed E-state index contributed by atoms with van der Waals surface area (Å²) in [6.07, 6.45) is 0. The van der Waals surface area contributed by atoms with E-state index in [-0.39, 0.29) is 85.3 Å². The summed E-state index contributed by atoms with van der Waals surface area (Å²) in [5.74, 6) is 0. The van der Waals surface area contributed by atoms with Gasteiger partial charge >= 0.3 is 205 Å². The van der Waals surface area contributed by atoms with Crippen LogP contribution in [0, 0.1) is 0 Å². The molecular formula is As2Cr2Cu5O16. The van der Waals surface area contributed by atoms with Gasteiger partial charge in [-0.25, -0.2) is 0 Å². The van der Waals surface area contributed by atoms with Gasteiger partial charge in [-0.2, -0.15) is 0 Å². The molecule has 0 rings (SSSR count). The zero-order valence-corrected chi connectivity index (χ0v) is 20.8. The molecule has 0 aliphatic rings. The Labute approximate surface area is 203 Å². The third kappa shape index (κ3) is 1700. The fourth-order valence-corrected chi connectivity index (χ4v) is 0. The second-order valence-electron chi connectivity index (χ2n) is 1.71. The van der Waals surface area contributed by atoms with Gasteiger partial charge < -0.3 is 0 Å². The first kappa shape index (κ1) is 56.6. The molecule has 25 heavy (non-hydrogen) atoms. The molecule has 0 heterocycles. The van der Waals surface area contributed by atoms with Crippen LogP contribution >= 0.6 is 0 Å². The molecule has 5 radical (unpaired) electrons. The number of hydrogen-bond donors (Lipinski definition) is 0. The molecule has 0 N–H and O–H groups in total. The van der Waals surface area contributed by atoms with Gasteiger partial charge in [0.15, 0.2) is 0 Å². The molecule has 0 aliphatic heterocycles. The van der Waals surface area contributed by atoms with Crippen LogP contribution in [-0.4, -0.2) is 29.0 Å². The fourth-order valence-electron chi connectivity index (χ4n) is 0. The standard InChI is InChI=1S/2AsH3O4.2Cr.5Cu.8O/c2*2-1(3,4)5;;;;;;;;;;;;;;;/h2*(H3,2,3,4,5);;;;;;;;;;;;;;;/q;;;;5*+2;;;;;4*-1/p-6. The molecule has 0 aliphatic carbocycles. The van der Waals surface area contributed by atoms with Crippen LogP contribution in [0.5, 0.6) is 0 Å². The van der Waals surface area contributed by atoms with E-state index >= 15 is 0 Å². The van der Waals surface area contributed by atoms with Crippen LogP contribution in [-0.2, 0) is 135 Å². The molecule has 0 spiro atoms. The summed E-state index contributed by atoms with van der Waals surface area (Å²) < 4.78 is 138. The van der Waals surface area contributed by atoms with Crippen molar-refractivity contribution in [3.05, 3.63) is 0 Å². The summed E-state index contributed by atoms with van der Waals surface area (Å²) in [5.41, 5.74) is 0. The van der Waals surface area contributed by atoms with Crippen molar-refractivity contribution in [1.82, 2.24) is 0 Å². The second kappa shape index (κ2) is 25.2. The molecule has 0 amide bonds. The predicted octanol–water partition coefficient (Wildman–Crippen LogP) is -13.4. The Hall–Kier alpha value is 3.18. The molecular weight excluding hydrogens is 828 g/mol. The van der Waals surface area contributed by atoms with Gasteiger partial charge in [-0.3, -0.25) is 0 Å². The van der Waals surface area contributed by atoms with Crippen LogP contribution in [0.15, 0.2) is 0 Å². The molecule has 25 heteroatoms. The first-order valence-corrected chi connectivity index (χ1v) is 13.1. The third-order valence-electron chi connectivity index (χ3n) is 0. The van der Waals surface area contributed by atoms with Crippen LogP contribution in [0.3, 0.4) is 0 Å². The quantitative estimate of drug-likeness (QED) is 0.205. The summed E-state index contributed by atoms with van der Waals surface area (Å²) in [6.45, 7) is 0. The molecule has 0 saturated heterocycles. The van der Waals surface area contributed by atoms with Crippen molar-refractivity contribution in [3.63, 3.8) is 0 Å². The number of rotatable bonds is 0. The fraction of sp³-hybridized carbons (Fsp3) is 0. The van der Waals surface area contributed by atoms with Crippen molar-refractivity contribution in [2.24, 2.45) is 0 Å². The predicted molar refractivity (Wildman–Crippen MR) is 15.6 cm³/mol. The van der Waals surface area contributed by atoms with E-state index in [0.29, 0.717) is 0 Å². The van der Waals surface area contributed by atoms with Gasteiger partial charge in [-0.15, -0.1) is 0 Å². The van der Waals surface area contributed by atoms with E-state index < -0.39 is 56.3 Å². The molecule has 0 aromatic carbocycles. The molecule has 0 aromatic rings. The Morgan fingerprint density at radius 2 is 0.440 bits per heavy atom. The van der Waals surface area contributed by atoms with Crippen LogP contribution in [0.25, 0.3) is 0 Å². The molecule has 173 valence electrons. The molecule has 0 fully saturated rings. The van der Waals surface area contributed by atoms with Crippen LogP contribution in [0.4, 0.5) is 0 Å². The van der Waals surface area contributed by atoms with Crippen molar-refractivity contribution in [1.29, 1.82) is 0 Å². The van der Waals surface area contributed by atoms with Crippen LogP contribution in [0.2, 0.25) is 0 Å². The summed E-state index contributed by atoms with van der Waals surface area (Å²) in [5, 5.41) is 0. The normalized spacial score (nSPS) is 9.36. The van der Waals surface area contributed by atoms with Gasteiger partial charge in [-0.05, 0) is 0 Å². The Bertz CT molecular complexity index is 442. The van der Waals surface area contributed by atoms with Crippen LogP contribution < -0.4 is 41.2 Å². The van der Waals surface area contributed by atoms with Gasteiger partial charge in [0.25, 0.3) is 0 Å². The molecule has 0 atom stereocenters. The summed E-state index contributed by atoms with van der Waals surface area (Å²) in [6, 6.07) is 0. The molecule has 0 bridgehead atoms. The van der Waals surface area contributed by atoms with Gasteiger partial charge in [-0.1, -0.05) is 0 Å². The minimum absolute atomic E-state index is 0. The van der Waals surface area contributed by atoms with Gasteiger partial charge in [0.05, 0.1) is 0 Å². The zero-order chi connectivity index (χ0) is 18.0. The molecule has 0 unspecified atom stereocenters. The van der Waals surface area contributed by atoms with E-state index in [9.17, 15) is 0 Å². The minimum atomic E-state index is -5.88. The van der Waals surface area contributed by atoms with E-state index in [4.69, 9.17) is 63.9 Å². The Morgan fingerprint density at radius 1 is 0.440 bits per heavy atom. The summed E-state index contributed by atoms with van der Waals surface area (Å²) in [7, 11) is 0. The average Bonchev–Trinajstić information content (AvgIpc) is 1.62. The van der Waals surface area contributed by atoms with E-state index in [2.05, 4.69) is 0 Å². The zero-order valence-electron chi connectivity index (χ0n) is 9.75. The summed E-state index contributed by atoms with van der Waals surface area (Å²) in [4.78, 5) is 0. The Morgan fingerprint density at radius 3 is 0.440 bits per heavy atom. The Kier molecular flexibility index (Phi) is 57.1. The first-order valence-electron chi connectivity index (χ1n) is 2.79. The van der Waals surface area contributed by atoms with Crippen molar-refractivity contribution in [2.75, 3.05) is 0 Å². The molecule has 16 nitrogen and oxygen atoms in total. The van der Waals surface area contributed by atoms with E-state index in [1.807, 2.05) is 0 Å². The van der Waals surface area contributed by atoms with Crippen molar-refractivity contribution >= 4 is 29.0 Å². The van der Waals surface area contributed by atoms with E-state index in [1.54, 1.807) is 0 Å². The van der Waals surface area contributed by atoms with Gasteiger partial charge in [0, 0.05) is 0 Å². The van der Waals surface area contributed by atoms with Gasteiger partial charge in [0.2, 0.25) is 0 Å². The topological polar surface area (TPSA) is 333 Å². The first-order chi connectivity index (χ1) is 8.00. The maximum atomic E-state index is 8.61. The van der Waals surface area contributed by atoms with Gasteiger partial charge in [0.1, 0.15) is 0 Å². The SMILES string of the molecule is O=[As]([O-])([O-])[O-].O=[As]([O-])([O-])[O-].[Cu+2].[Cu+2].[Cu+2].[Cu+2].[Cu+2].[O]=[Cr](=[O])([O-])[O-].[O]=[Cr](=[O])([O-])[O-]. The third-order valence-corrected chi connectivity index (χ3v) is 0. The maximum absolute atomic E-state index is 8.61. The number of hydrogen-bond acceptors (Lipinski definition) is 16.